The number of aliphatic hydroxyl groups is 1. The Morgan fingerprint density at radius 3 is 2.50 bits per heavy atom. The number of hydrogen-bond acceptors (Lipinski definition) is 6. The van der Waals surface area contributed by atoms with Crippen LogP contribution < -0.4 is 4.90 Å². The molecule has 0 saturated carbocycles. The van der Waals surface area contributed by atoms with Crippen molar-refractivity contribution in [3.8, 4) is 0 Å². The van der Waals surface area contributed by atoms with Gasteiger partial charge in [-0.05, 0) is 40.6 Å². The minimum Gasteiger partial charge on any atom is -0.396 e. The van der Waals surface area contributed by atoms with Crippen LogP contribution in [0.25, 0.3) is 12.2 Å². The maximum Gasteiger partial charge on any atom is 0.196 e. The normalized spacial score (nSPS) is 12.3. The monoisotopic (exact) mass is 355 g/mol. The van der Waals surface area contributed by atoms with E-state index < -0.39 is 0 Å². The molecule has 0 aliphatic carbocycles. The molecular formula is C20H25N3O3. The highest BCUT2D eigenvalue weighted by molar-refractivity contribution is 5.70. The van der Waals surface area contributed by atoms with Crippen molar-refractivity contribution in [3.63, 3.8) is 0 Å². The summed E-state index contributed by atoms with van der Waals surface area (Å²) in [5, 5.41) is 11.8. The van der Waals surface area contributed by atoms with E-state index in [1.54, 1.807) is 18.3 Å². The second kappa shape index (κ2) is 10.4. The van der Waals surface area contributed by atoms with Crippen LogP contribution in [0.4, 0.5) is 11.5 Å². The van der Waals surface area contributed by atoms with Gasteiger partial charge in [0.15, 0.2) is 5.82 Å². The number of benzene rings is 1. The molecule has 0 saturated heterocycles. The molecule has 6 nitrogen and oxygen atoms in total. The van der Waals surface area contributed by atoms with E-state index in [0.717, 1.165) is 23.4 Å². The molecule has 1 aromatic heterocycles. The maximum atomic E-state index is 10.4. The van der Waals surface area contributed by atoms with Gasteiger partial charge in [0, 0.05) is 38.0 Å². The van der Waals surface area contributed by atoms with Crippen molar-refractivity contribution in [1.29, 1.82) is 0 Å². The maximum absolute atomic E-state index is 10.4. The Balaban J connectivity index is 1.84. The molecule has 26 heavy (non-hydrogen) atoms. The third-order valence-corrected chi connectivity index (χ3v) is 3.95. The van der Waals surface area contributed by atoms with Crippen LogP contribution in [0.5, 0.6) is 0 Å². The Labute approximate surface area is 154 Å². The number of rotatable bonds is 10. The zero-order valence-electron chi connectivity index (χ0n) is 15.2. The molecule has 138 valence electrons. The van der Waals surface area contributed by atoms with Gasteiger partial charge < -0.3 is 14.7 Å². The summed E-state index contributed by atoms with van der Waals surface area (Å²) in [7, 11) is 2.03. The zero-order chi connectivity index (χ0) is 18.8. The molecular weight excluding hydrogens is 330 g/mol. The van der Waals surface area contributed by atoms with E-state index in [2.05, 4.69) is 27.2 Å². The van der Waals surface area contributed by atoms with E-state index >= 15 is 0 Å². The van der Waals surface area contributed by atoms with Gasteiger partial charge in [0.1, 0.15) is 0 Å². The Morgan fingerprint density at radius 1 is 1.19 bits per heavy atom. The molecule has 0 bridgehead atoms. The number of ether oxygens (including phenoxy) is 1. The standard InChI is InChI=1S/C20H25N3O3/c1-16(14-24)15-26-12-11-23(2)19-8-5-17(6-9-19)3-4-18-7-10-20(22-25)21-13-18/h3-10,13,16,24H,11-12,14-15H2,1-2H3/b4-3+. The van der Waals surface area contributed by atoms with Gasteiger partial charge in [-0.3, -0.25) is 0 Å². The lowest BCUT2D eigenvalue weighted by Gasteiger charge is -2.20. The van der Waals surface area contributed by atoms with Gasteiger partial charge in [0.25, 0.3) is 0 Å². The SMILES string of the molecule is CC(CO)COCCN(C)c1ccc(/C=C/c2ccc(N=O)nc2)cc1. The molecule has 0 amide bonds. The Morgan fingerprint density at radius 2 is 1.88 bits per heavy atom. The Bertz CT molecular complexity index is 699. The number of anilines is 1. The van der Waals surface area contributed by atoms with E-state index in [1.807, 2.05) is 38.3 Å². The van der Waals surface area contributed by atoms with Gasteiger partial charge in [0.2, 0.25) is 0 Å². The van der Waals surface area contributed by atoms with Crippen molar-refractivity contribution >= 4 is 23.7 Å². The highest BCUT2D eigenvalue weighted by atomic mass is 16.5. The summed E-state index contributed by atoms with van der Waals surface area (Å²) in [6, 6.07) is 11.6. The smallest absolute Gasteiger partial charge is 0.196 e. The Kier molecular flexibility index (Phi) is 7.92. The molecule has 0 spiro atoms. The second-order valence-corrected chi connectivity index (χ2v) is 6.25. The lowest BCUT2D eigenvalue weighted by atomic mass is 10.1. The third kappa shape index (κ3) is 6.38. The van der Waals surface area contributed by atoms with E-state index in [1.165, 1.54) is 0 Å². The van der Waals surface area contributed by atoms with E-state index in [-0.39, 0.29) is 18.3 Å². The van der Waals surface area contributed by atoms with Gasteiger partial charge in [-0.25, -0.2) is 4.98 Å². The van der Waals surface area contributed by atoms with Crippen molar-refractivity contribution in [2.24, 2.45) is 11.1 Å². The number of likely N-dealkylation sites (N-methyl/N-ethyl adjacent to an activating group) is 1. The third-order valence-electron chi connectivity index (χ3n) is 3.95. The molecule has 2 rings (SSSR count). The van der Waals surface area contributed by atoms with Gasteiger partial charge in [0.05, 0.1) is 13.2 Å². The summed E-state index contributed by atoms with van der Waals surface area (Å²) in [6.07, 6.45) is 5.55. The number of hydrogen-bond donors (Lipinski definition) is 1. The predicted molar refractivity (Wildman–Crippen MR) is 105 cm³/mol. The topological polar surface area (TPSA) is 75.0 Å². The molecule has 2 aromatic rings. The molecule has 0 fully saturated rings. The summed E-state index contributed by atoms with van der Waals surface area (Å²) in [5.41, 5.74) is 3.10. The highest BCUT2D eigenvalue weighted by Crippen LogP contribution is 2.16. The molecule has 1 aromatic carbocycles. The van der Waals surface area contributed by atoms with Gasteiger partial charge in [-0.15, -0.1) is 4.91 Å². The summed E-state index contributed by atoms with van der Waals surface area (Å²) in [5.74, 6) is 0.358. The fourth-order valence-electron chi connectivity index (χ4n) is 2.25. The van der Waals surface area contributed by atoms with Crippen molar-refractivity contribution < 1.29 is 9.84 Å². The van der Waals surface area contributed by atoms with Gasteiger partial charge in [-0.1, -0.05) is 31.2 Å². The first-order valence-corrected chi connectivity index (χ1v) is 8.59. The Hall–Kier alpha value is -2.57. The number of pyridine rings is 1. The molecule has 0 aliphatic heterocycles. The van der Waals surface area contributed by atoms with Crippen LogP contribution in [0.15, 0.2) is 47.8 Å². The van der Waals surface area contributed by atoms with Crippen molar-refractivity contribution in [3.05, 3.63) is 58.6 Å². The van der Waals surface area contributed by atoms with Crippen LogP contribution >= 0.6 is 0 Å². The molecule has 1 atom stereocenters. The average Bonchev–Trinajstić information content (AvgIpc) is 2.70. The first-order valence-electron chi connectivity index (χ1n) is 8.59. The second-order valence-electron chi connectivity index (χ2n) is 6.25. The van der Waals surface area contributed by atoms with Crippen LogP contribution in [0.3, 0.4) is 0 Å². The van der Waals surface area contributed by atoms with E-state index in [4.69, 9.17) is 9.84 Å². The predicted octanol–water partition coefficient (Wildman–Crippen LogP) is 3.73. The van der Waals surface area contributed by atoms with Crippen molar-refractivity contribution in [1.82, 2.24) is 4.98 Å². The minimum absolute atomic E-state index is 0.152. The van der Waals surface area contributed by atoms with E-state index in [9.17, 15) is 4.91 Å². The number of nitrogens with zero attached hydrogens (tertiary/aromatic N) is 3. The molecule has 0 aliphatic rings. The molecule has 1 unspecified atom stereocenters. The van der Waals surface area contributed by atoms with Crippen LogP contribution in [-0.4, -0.2) is 43.5 Å². The summed E-state index contributed by atoms with van der Waals surface area (Å²) in [6.45, 7) is 4.10. The number of aromatic nitrogens is 1. The molecule has 0 radical (unpaired) electrons. The van der Waals surface area contributed by atoms with Crippen LogP contribution in [0.1, 0.15) is 18.1 Å². The lowest BCUT2D eigenvalue weighted by Crippen LogP contribution is -2.23. The molecule has 1 heterocycles. The fraction of sp³-hybridized carbons (Fsp3) is 0.350. The minimum atomic E-state index is 0.152. The first-order chi connectivity index (χ1) is 12.6. The summed E-state index contributed by atoms with van der Waals surface area (Å²) < 4.78 is 5.56. The van der Waals surface area contributed by atoms with Crippen LogP contribution in [0, 0.1) is 10.8 Å². The summed E-state index contributed by atoms with van der Waals surface area (Å²) in [4.78, 5) is 16.4. The number of aliphatic hydroxyl groups excluding tert-OH is 1. The van der Waals surface area contributed by atoms with E-state index in [0.29, 0.717) is 13.2 Å². The number of nitroso groups, excluding NO2 is 1. The zero-order valence-corrected chi connectivity index (χ0v) is 15.2. The average molecular weight is 355 g/mol. The lowest BCUT2D eigenvalue weighted by molar-refractivity contribution is 0.0844. The van der Waals surface area contributed by atoms with Gasteiger partial charge >= 0.3 is 0 Å². The van der Waals surface area contributed by atoms with Crippen molar-refractivity contribution in [2.45, 2.75) is 6.92 Å². The van der Waals surface area contributed by atoms with Crippen LogP contribution in [0.2, 0.25) is 0 Å². The first kappa shape index (κ1) is 19.8. The molecule has 6 heteroatoms. The van der Waals surface area contributed by atoms with Gasteiger partial charge in [-0.2, -0.15) is 0 Å². The van der Waals surface area contributed by atoms with Crippen LogP contribution in [-0.2, 0) is 4.74 Å². The largest absolute Gasteiger partial charge is 0.396 e. The molecule has 1 N–H and O–H groups in total. The quantitative estimate of drug-likeness (QED) is 0.519. The summed E-state index contributed by atoms with van der Waals surface area (Å²) >= 11 is 0. The fourth-order valence-corrected chi connectivity index (χ4v) is 2.25. The highest BCUT2D eigenvalue weighted by Gasteiger charge is 2.03. The van der Waals surface area contributed by atoms with Crippen molar-refractivity contribution in [2.75, 3.05) is 38.3 Å².